The molecule has 0 unspecified atom stereocenters. The highest BCUT2D eigenvalue weighted by Crippen LogP contribution is 2.26. The average Bonchev–Trinajstić information content (AvgIpc) is 2.34. The van der Waals surface area contributed by atoms with E-state index in [1.807, 2.05) is 0 Å². The van der Waals surface area contributed by atoms with Crippen LogP contribution >= 0.6 is 27.5 Å². The molecule has 0 N–H and O–H groups in total. The van der Waals surface area contributed by atoms with E-state index in [9.17, 15) is 4.39 Å². The summed E-state index contributed by atoms with van der Waals surface area (Å²) in [5, 5.41) is 0. The van der Waals surface area contributed by atoms with Crippen molar-refractivity contribution in [2.24, 2.45) is 0 Å². The van der Waals surface area contributed by atoms with Crippen LogP contribution in [0.4, 0.5) is 4.39 Å². The number of hydrogen-bond acceptors (Lipinski definition) is 3. The maximum absolute atomic E-state index is 13.4. The first-order chi connectivity index (χ1) is 8.19. The fourth-order valence-corrected chi connectivity index (χ4v) is 1.64. The highest BCUT2D eigenvalue weighted by molar-refractivity contribution is 9.10. The molecular weight excluding hydrogens is 310 g/mol. The Bertz CT molecular complexity index is 539. The Balaban J connectivity index is 2.27. The zero-order valence-corrected chi connectivity index (χ0v) is 10.9. The van der Waals surface area contributed by atoms with E-state index in [2.05, 4.69) is 25.9 Å². The van der Waals surface area contributed by atoms with Gasteiger partial charge in [-0.15, -0.1) is 11.6 Å². The predicted octanol–water partition coefficient (Wildman–Crippen LogP) is 3.91. The van der Waals surface area contributed by atoms with Crippen molar-refractivity contribution in [3.8, 4) is 11.6 Å². The lowest BCUT2D eigenvalue weighted by Crippen LogP contribution is -1.94. The van der Waals surface area contributed by atoms with Crippen LogP contribution < -0.4 is 4.74 Å². The number of benzene rings is 1. The molecule has 0 fully saturated rings. The Kier molecular flexibility index (Phi) is 3.91. The first kappa shape index (κ1) is 12.3. The van der Waals surface area contributed by atoms with E-state index in [4.69, 9.17) is 16.3 Å². The minimum Gasteiger partial charge on any atom is -0.434 e. The second kappa shape index (κ2) is 5.42. The van der Waals surface area contributed by atoms with Crippen molar-refractivity contribution in [3.63, 3.8) is 0 Å². The van der Waals surface area contributed by atoms with Gasteiger partial charge in [-0.25, -0.2) is 9.37 Å². The molecule has 0 amide bonds. The van der Waals surface area contributed by atoms with Gasteiger partial charge in [0.15, 0.2) is 11.6 Å². The highest BCUT2D eigenvalue weighted by Gasteiger charge is 2.07. The summed E-state index contributed by atoms with van der Waals surface area (Å²) in [5.74, 6) is 0.0531. The lowest BCUT2D eigenvalue weighted by molar-refractivity contribution is 0.424. The molecule has 0 radical (unpaired) electrons. The van der Waals surface area contributed by atoms with Crippen LogP contribution in [0, 0.1) is 5.82 Å². The van der Waals surface area contributed by atoms with Crippen molar-refractivity contribution in [1.29, 1.82) is 0 Å². The van der Waals surface area contributed by atoms with Gasteiger partial charge in [0.25, 0.3) is 0 Å². The topological polar surface area (TPSA) is 35.0 Å². The molecule has 0 spiro atoms. The Morgan fingerprint density at radius 2 is 2.18 bits per heavy atom. The molecule has 0 aliphatic rings. The summed E-state index contributed by atoms with van der Waals surface area (Å²) >= 11 is 8.85. The zero-order chi connectivity index (χ0) is 12.3. The summed E-state index contributed by atoms with van der Waals surface area (Å²) in [7, 11) is 0. The van der Waals surface area contributed by atoms with Gasteiger partial charge in [-0.1, -0.05) is 15.9 Å². The molecule has 0 aliphatic heterocycles. The Hall–Kier alpha value is -1.20. The molecule has 0 atom stereocenters. The maximum Gasteiger partial charge on any atom is 0.238 e. The molecule has 0 bridgehead atoms. The first-order valence-corrected chi connectivity index (χ1v) is 6.01. The third-order valence-electron chi connectivity index (χ3n) is 1.91. The van der Waals surface area contributed by atoms with E-state index < -0.39 is 5.82 Å². The second-order valence-corrected chi connectivity index (χ2v) is 4.34. The van der Waals surface area contributed by atoms with Gasteiger partial charge in [0.05, 0.1) is 17.8 Å². The summed E-state index contributed by atoms with van der Waals surface area (Å²) in [4.78, 5) is 7.96. The van der Waals surface area contributed by atoms with Crippen LogP contribution in [-0.2, 0) is 5.88 Å². The average molecular weight is 318 g/mol. The molecule has 88 valence electrons. The largest absolute Gasteiger partial charge is 0.434 e. The molecule has 2 rings (SSSR count). The van der Waals surface area contributed by atoms with Gasteiger partial charge < -0.3 is 4.74 Å². The minimum atomic E-state index is -0.466. The van der Waals surface area contributed by atoms with E-state index in [1.54, 1.807) is 6.07 Å². The van der Waals surface area contributed by atoms with Crippen LogP contribution in [0.15, 0.2) is 35.1 Å². The number of halogens is 3. The van der Waals surface area contributed by atoms with Gasteiger partial charge >= 0.3 is 0 Å². The number of alkyl halides is 1. The molecule has 3 nitrogen and oxygen atoms in total. The zero-order valence-electron chi connectivity index (χ0n) is 8.53. The smallest absolute Gasteiger partial charge is 0.238 e. The van der Waals surface area contributed by atoms with Crippen LogP contribution in [-0.4, -0.2) is 9.97 Å². The SMILES string of the molecule is Fc1ccc(Br)cc1Oc1cncc(CCl)n1. The van der Waals surface area contributed by atoms with E-state index in [0.29, 0.717) is 5.69 Å². The van der Waals surface area contributed by atoms with Crippen molar-refractivity contribution < 1.29 is 9.13 Å². The molecule has 0 saturated carbocycles. The number of ether oxygens (including phenoxy) is 1. The van der Waals surface area contributed by atoms with Crippen molar-refractivity contribution in [2.75, 3.05) is 0 Å². The molecule has 0 saturated heterocycles. The lowest BCUT2D eigenvalue weighted by atomic mass is 10.3. The lowest BCUT2D eigenvalue weighted by Gasteiger charge is -2.06. The molecule has 1 aromatic heterocycles. The Morgan fingerprint density at radius 3 is 2.94 bits per heavy atom. The van der Waals surface area contributed by atoms with Crippen molar-refractivity contribution in [2.45, 2.75) is 5.88 Å². The van der Waals surface area contributed by atoms with Gasteiger partial charge in [0.1, 0.15) is 0 Å². The van der Waals surface area contributed by atoms with Gasteiger partial charge in [-0.05, 0) is 18.2 Å². The third-order valence-corrected chi connectivity index (χ3v) is 2.67. The summed E-state index contributed by atoms with van der Waals surface area (Å²) in [6, 6.07) is 4.41. The van der Waals surface area contributed by atoms with Crippen molar-refractivity contribution in [3.05, 3.63) is 46.6 Å². The minimum absolute atomic E-state index is 0.0837. The summed E-state index contributed by atoms with van der Waals surface area (Å²) < 4.78 is 19.4. The molecule has 17 heavy (non-hydrogen) atoms. The van der Waals surface area contributed by atoms with Crippen molar-refractivity contribution >= 4 is 27.5 Å². The van der Waals surface area contributed by atoms with Crippen LogP contribution in [0.2, 0.25) is 0 Å². The van der Waals surface area contributed by atoms with E-state index in [-0.39, 0.29) is 17.5 Å². The van der Waals surface area contributed by atoms with Crippen LogP contribution in [0.5, 0.6) is 11.6 Å². The third kappa shape index (κ3) is 3.14. The molecule has 2 aromatic rings. The van der Waals surface area contributed by atoms with Gasteiger partial charge in [0.2, 0.25) is 5.88 Å². The fourth-order valence-electron chi connectivity index (χ4n) is 1.17. The Morgan fingerprint density at radius 1 is 1.35 bits per heavy atom. The maximum atomic E-state index is 13.4. The summed E-state index contributed by atoms with van der Waals surface area (Å²) in [5.41, 5.74) is 0.569. The highest BCUT2D eigenvalue weighted by atomic mass is 79.9. The monoisotopic (exact) mass is 316 g/mol. The summed E-state index contributed by atoms with van der Waals surface area (Å²) in [6.07, 6.45) is 2.92. The number of aromatic nitrogens is 2. The first-order valence-electron chi connectivity index (χ1n) is 4.69. The normalized spacial score (nSPS) is 10.3. The van der Waals surface area contributed by atoms with Crippen molar-refractivity contribution in [1.82, 2.24) is 9.97 Å². The molecule has 0 aliphatic carbocycles. The quantitative estimate of drug-likeness (QED) is 0.805. The van der Waals surface area contributed by atoms with Crippen LogP contribution in [0.25, 0.3) is 0 Å². The fraction of sp³-hybridized carbons (Fsp3) is 0.0909. The van der Waals surface area contributed by atoms with Gasteiger partial charge in [-0.3, -0.25) is 4.98 Å². The van der Waals surface area contributed by atoms with Crippen LogP contribution in [0.1, 0.15) is 5.69 Å². The molecular formula is C11H7BrClFN2O. The summed E-state index contributed by atoms with van der Waals surface area (Å²) in [6.45, 7) is 0. The van der Waals surface area contributed by atoms with E-state index in [0.717, 1.165) is 4.47 Å². The van der Waals surface area contributed by atoms with E-state index in [1.165, 1.54) is 24.5 Å². The Labute approximate surface area is 111 Å². The predicted molar refractivity (Wildman–Crippen MR) is 65.8 cm³/mol. The second-order valence-electron chi connectivity index (χ2n) is 3.16. The van der Waals surface area contributed by atoms with Crippen LogP contribution in [0.3, 0.4) is 0 Å². The standard InChI is InChI=1S/C11H7BrClFN2O/c12-7-1-2-9(14)10(3-7)17-11-6-15-5-8(4-13)16-11/h1-3,5-6H,4H2. The van der Waals surface area contributed by atoms with Gasteiger partial charge in [-0.2, -0.15) is 0 Å². The van der Waals surface area contributed by atoms with E-state index >= 15 is 0 Å². The molecule has 6 heteroatoms. The molecule has 1 aromatic carbocycles. The number of rotatable bonds is 3. The number of nitrogens with zero attached hydrogens (tertiary/aromatic N) is 2. The number of hydrogen-bond donors (Lipinski definition) is 0. The van der Waals surface area contributed by atoms with Gasteiger partial charge in [0, 0.05) is 10.7 Å². The molecule has 1 heterocycles.